The van der Waals surface area contributed by atoms with E-state index < -0.39 is 11.9 Å². The lowest BCUT2D eigenvalue weighted by atomic mass is 10.1. The summed E-state index contributed by atoms with van der Waals surface area (Å²) in [5, 5.41) is 10.3. The number of carboxylic acid groups (broad SMARTS) is 1. The van der Waals surface area contributed by atoms with Crippen LogP contribution in [0.15, 0.2) is 18.2 Å². The molecule has 2 N–H and O–H groups in total. The molecular weight excluding hydrogens is 202 g/mol. The Morgan fingerprint density at radius 2 is 2.07 bits per heavy atom. The second-order valence-electron chi connectivity index (χ2n) is 2.63. The molecule has 0 aliphatic heterocycles. The van der Waals surface area contributed by atoms with Crippen LogP contribution < -0.4 is 5.18 Å². The lowest BCUT2D eigenvalue weighted by Crippen LogP contribution is -2.57. The van der Waals surface area contributed by atoms with Crippen molar-refractivity contribution in [3.63, 3.8) is 0 Å². The van der Waals surface area contributed by atoms with Crippen LogP contribution in [0.25, 0.3) is 0 Å². The van der Waals surface area contributed by atoms with Gasteiger partial charge in [-0.25, -0.2) is 9.59 Å². The molecule has 6 heteroatoms. The smallest absolute Gasteiger partial charge is 0.345 e. The second-order valence-corrected chi connectivity index (χ2v) is 2.63. The molecule has 0 saturated heterocycles. The summed E-state index contributed by atoms with van der Waals surface area (Å²) < 4.78 is 4.39. The maximum absolute atomic E-state index is 11.3. The molecule has 0 saturated carbocycles. The zero-order chi connectivity index (χ0) is 11.4. The first kappa shape index (κ1) is 10.8. The molecule has 1 rings (SSSR count). The predicted molar refractivity (Wildman–Crippen MR) is 48.7 cm³/mol. The van der Waals surface area contributed by atoms with Gasteiger partial charge < -0.3 is 9.84 Å². The highest BCUT2D eigenvalue weighted by Crippen LogP contribution is 2.16. The Hall–Kier alpha value is -2.24. The number of carboxylic acids is 1. The van der Waals surface area contributed by atoms with Crippen LogP contribution in [0.1, 0.15) is 20.7 Å². The third kappa shape index (κ3) is 1.98. The lowest BCUT2D eigenvalue weighted by molar-refractivity contribution is -0.379. The molecule has 0 unspecified atom stereocenters. The maximum Gasteiger partial charge on any atom is 0.345 e. The molecule has 0 aromatic heterocycles. The fourth-order valence-corrected chi connectivity index (χ4v) is 1.14. The Morgan fingerprint density at radius 3 is 2.53 bits per heavy atom. The minimum Gasteiger partial charge on any atom is -0.478 e. The molecule has 0 atom stereocenters. The van der Waals surface area contributed by atoms with Gasteiger partial charge in [-0.1, -0.05) is 6.07 Å². The van der Waals surface area contributed by atoms with Gasteiger partial charge in [-0.15, -0.1) is 0 Å². The van der Waals surface area contributed by atoms with Crippen molar-refractivity contribution in [2.45, 2.75) is 0 Å². The minimum atomic E-state index is -1.30. The summed E-state index contributed by atoms with van der Waals surface area (Å²) in [7, 11) is 1.11. The standard InChI is InChI=1S/C9H7NO5/c1-15-9(13)7-5(8(11)12)3-2-4-6(7)10-14/h2-4H,1H3,(H,11,12)/p+1. The summed E-state index contributed by atoms with van der Waals surface area (Å²) in [6.45, 7) is 0. The Morgan fingerprint density at radius 1 is 1.40 bits per heavy atom. The molecule has 0 amide bonds. The molecule has 1 aromatic rings. The predicted octanol–water partition coefficient (Wildman–Crippen LogP) is -0.350. The van der Waals surface area contributed by atoms with Crippen molar-refractivity contribution in [1.29, 1.82) is 0 Å². The Kier molecular flexibility index (Phi) is 3.12. The molecule has 0 aliphatic rings. The Bertz CT molecular complexity index is 427. The van der Waals surface area contributed by atoms with Gasteiger partial charge in [0.1, 0.15) is 5.56 Å². The highest BCUT2D eigenvalue weighted by molar-refractivity contribution is 6.05. The number of hydrogen-bond acceptors (Lipinski definition) is 4. The SMILES string of the molecule is COC(=O)c1c([NH+]=O)cccc1C(=O)O. The number of hydrogen-bond donors (Lipinski definition) is 2. The van der Waals surface area contributed by atoms with Crippen LogP contribution in [-0.4, -0.2) is 24.2 Å². The van der Waals surface area contributed by atoms with E-state index in [1.807, 2.05) is 0 Å². The molecule has 0 bridgehead atoms. The molecule has 0 fully saturated rings. The summed E-state index contributed by atoms with van der Waals surface area (Å²) >= 11 is 0. The second kappa shape index (κ2) is 4.32. The number of nitroso groups, excluding NO2 is 1. The number of carbonyl (C=O) groups is 2. The minimum absolute atomic E-state index is 0.123. The maximum atomic E-state index is 11.3. The van der Waals surface area contributed by atoms with Crippen molar-refractivity contribution in [1.82, 2.24) is 0 Å². The van der Waals surface area contributed by atoms with Crippen LogP contribution in [0, 0.1) is 4.91 Å². The summed E-state index contributed by atoms with van der Waals surface area (Å²) in [4.78, 5) is 32.5. The van der Waals surface area contributed by atoms with E-state index in [4.69, 9.17) is 5.11 Å². The van der Waals surface area contributed by atoms with E-state index in [0.29, 0.717) is 0 Å². The van der Waals surface area contributed by atoms with Crippen molar-refractivity contribution in [3.05, 3.63) is 34.2 Å². The molecule has 0 heterocycles. The van der Waals surface area contributed by atoms with E-state index in [1.54, 1.807) is 0 Å². The van der Waals surface area contributed by atoms with Gasteiger partial charge in [-0.3, -0.25) is 0 Å². The average Bonchev–Trinajstić information content (AvgIpc) is 2.26. The van der Waals surface area contributed by atoms with Crippen LogP contribution in [-0.2, 0) is 4.74 Å². The van der Waals surface area contributed by atoms with Gasteiger partial charge in [0.2, 0.25) is 0 Å². The third-order valence-electron chi connectivity index (χ3n) is 1.79. The average molecular weight is 210 g/mol. The van der Waals surface area contributed by atoms with Gasteiger partial charge in [-0.2, -0.15) is 0 Å². The first-order valence-corrected chi connectivity index (χ1v) is 3.94. The summed E-state index contributed by atoms with van der Waals surface area (Å²) in [5.74, 6) is -2.17. The highest BCUT2D eigenvalue weighted by Gasteiger charge is 2.25. The number of ether oxygens (including phenoxy) is 1. The van der Waals surface area contributed by atoms with Crippen molar-refractivity contribution >= 4 is 17.6 Å². The van der Waals surface area contributed by atoms with E-state index in [9.17, 15) is 14.5 Å². The van der Waals surface area contributed by atoms with Gasteiger partial charge in [0, 0.05) is 16.2 Å². The van der Waals surface area contributed by atoms with Crippen LogP contribution in [0.4, 0.5) is 5.69 Å². The van der Waals surface area contributed by atoms with Crippen LogP contribution in [0.5, 0.6) is 0 Å². The molecule has 15 heavy (non-hydrogen) atoms. The molecule has 0 radical (unpaired) electrons. The summed E-state index contributed by atoms with van der Waals surface area (Å²) in [5.41, 5.74) is -0.674. The summed E-state index contributed by atoms with van der Waals surface area (Å²) in [6, 6.07) is 3.87. The number of esters is 1. The number of carbonyl (C=O) groups excluding carboxylic acids is 1. The zero-order valence-electron chi connectivity index (χ0n) is 7.81. The molecule has 6 nitrogen and oxygen atoms in total. The molecular formula is C9H8NO5+. The first-order chi connectivity index (χ1) is 7.11. The topological polar surface area (TPSA) is 94.6 Å². The normalized spacial score (nSPS) is 9.40. The quantitative estimate of drug-likeness (QED) is 0.665. The van der Waals surface area contributed by atoms with E-state index in [1.165, 1.54) is 23.4 Å². The van der Waals surface area contributed by atoms with Crippen molar-refractivity contribution in [3.8, 4) is 0 Å². The van der Waals surface area contributed by atoms with E-state index in [-0.39, 0.29) is 16.8 Å². The van der Waals surface area contributed by atoms with Crippen LogP contribution in [0.3, 0.4) is 0 Å². The van der Waals surface area contributed by atoms with E-state index in [0.717, 1.165) is 7.11 Å². The Balaban J connectivity index is 3.46. The van der Waals surface area contributed by atoms with Gasteiger partial charge in [0.25, 0.3) is 5.69 Å². The first-order valence-electron chi connectivity index (χ1n) is 3.94. The number of rotatable bonds is 3. The number of methoxy groups -OCH3 is 1. The molecule has 0 spiro atoms. The number of aromatic carboxylic acids is 1. The van der Waals surface area contributed by atoms with E-state index in [2.05, 4.69) is 4.74 Å². The third-order valence-corrected chi connectivity index (χ3v) is 1.79. The lowest BCUT2D eigenvalue weighted by Gasteiger charge is -2.01. The number of nitrogens with one attached hydrogen (secondary N) is 1. The monoisotopic (exact) mass is 210 g/mol. The molecule has 0 aliphatic carbocycles. The fourth-order valence-electron chi connectivity index (χ4n) is 1.14. The van der Waals surface area contributed by atoms with Crippen LogP contribution >= 0.6 is 0 Å². The number of benzene rings is 1. The summed E-state index contributed by atoms with van der Waals surface area (Å²) in [6.07, 6.45) is 0. The Labute approximate surface area is 84.5 Å². The van der Waals surface area contributed by atoms with E-state index >= 15 is 0 Å². The van der Waals surface area contributed by atoms with Gasteiger partial charge in [-0.05, 0) is 6.07 Å². The van der Waals surface area contributed by atoms with Gasteiger partial charge in [0.05, 0.1) is 12.7 Å². The van der Waals surface area contributed by atoms with Crippen LogP contribution in [0.2, 0.25) is 0 Å². The zero-order valence-corrected chi connectivity index (χ0v) is 7.81. The van der Waals surface area contributed by atoms with Crippen molar-refractivity contribution in [2.24, 2.45) is 0 Å². The largest absolute Gasteiger partial charge is 0.478 e. The molecule has 1 aromatic carbocycles. The highest BCUT2D eigenvalue weighted by atomic mass is 16.5. The van der Waals surface area contributed by atoms with Crippen molar-refractivity contribution < 1.29 is 24.6 Å². The van der Waals surface area contributed by atoms with Crippen molar-refractivity contribution in [2.75, 3.05) is 7.11 Å². The van der Waals surface area contributed by atoms with Gasteiger partial charge >= 0.3 is 11.9 Å². The molecule has 78 valence electrons. The fraction of sp³-hybridized carbons (Fsp3) is 0.111. The van der Waals surface area contributed by atoms with Gasteiger partial charge in [0.15, 0.2) is 0 Å².